The summed E-state index contributed by atoms with van der Waals surface area (Å²) in [5, 5.41) is 0. The fourth-order valence-corrected chi connectivity index (χ4v) is 8.26. The van der Waals surface area contributed by atoms with Crippen molar-refractivity contribution in [3.8, 4) is 0 Å². The van der Waals surface area contributed by atoms with Crippen molar-refractivity contribution in [1.82, 2.24) is 4.90 Å². The first-order valence-electron chi connectivity index (χ1n) is 10.2. The number of aliphatic imine (C=N–C) groups is 1. The number of fused-ring (bicyclic) bond motifs is 2. The molecule has 1 radical (unpaired) electrons. The number of carbonyl (C=O) groups is 2. The van der Waals surface area contributed by atoms with Gasteiger partial charge in [0.2, 0.25) is 0 Å². The molecule has 0 atom stereocenters. The van der Waals surface area contributed by atoms with Crippen LogP contribution in [0.1, 0.15) is 28.6 Å². The van der Waals surface area contributed by atoms with Crippen LogP contribution in [0.25, 0.3) is 6.08 Å². The molecular formula is C25H20N3O2SeTe. The summed E-state index contributed by atoms with van der Waals surface area (Å²) >= 11 is 1.83. The van der Waals surface area contributed by atoms with Crippen molar-refractivity contribution < 1.29 is 9.59 Å². The maximum absolute atomic E-state index is 12.7. The van der Waals surface area contributed by atoms with Gasteiger partial charge in [0.15, 0.2) is 0 Å². The van der Waals surface area contributed by atoms with Crippen LogP contribution in [-0.2, 0) is 15.0 Å². The number of rotatable bonds is 2. The average Bonchev–Trinajstić information content (AvgIpc) is 3.21. The second-order valence-electron chi connectivity index (χ2n) is 8.30. The summed E-state index contributed by atoms with van der Waals surface area (Å²) in [7, 11) is 1.62. The van der Waals surface area contributed by atoms with E-state index in [2.05, 4.69) is 94.3 Å². The van der Waals surface area contributed by atoms with Crippen molar-refractivity contribution in [2.75, 3.05) is 11.9 Å². The molecular weight excluding hydrogens is 581 g/mol. The number of hydrogen-bond acceptors (Lipinski definition) is 3. The molecule has 3 aromatic rings. The van der Waals surface area contributed by atoms with Gasteiger partial charge in [-0.1, -0.05) is 0 Å². The van der Waals surface area contributed by atoms with Gasteiger partial charge in [0.05, 0.1) is 0 Å². The summed E-state index contributed by atoms with van der Waals surface area (Å²) < 4.78 is 2.67. The molecule has 2 amide bonds. The Labute approximate surface area is 204 Å². The van der Waals surface area contributed by atoms with Crippen molar-refractivity contribution in [2.45, 2.75) is 19.3 Å². The Hall–Kier alpha value is -2.42. The number of benzene rings is 2. The SMILES string of the molecule is CN1C(=O)/C(=C/c2cc3c([te]2)N(c2ccccc2)c2ccccc2C3(C)C)C(=O)N=C1[Se]. The summed E-state index contributed by atoms with van der Waals surface area (Å²) in [5.74, 6) is -0.804. The molecule has 0 unspecified atom stereocenters. The van der Waals surface area contributed by atoms with Crippen LogP contribution in [-0.4, -0.2) is 64.9 Å². The van der Waals surface area contributed by atoms with E-state index in [1.54, 1.807) is 13.1 Å². The minimum atomic E-state index is -0.844. The fraction of sp³-hybridized carbons (Fsp3) is 0.160. The standard InChI is InChI=1S/C25H20N3O2SeTe/c1-25(2)18-11-7-8-12-20(18)28(15-9-5-4-6-10-15)23-19(25)14-16(32-23)13-17-21(29)26-24(31)27(3)22(17)30/h4-14H,1-3H3/b17-13+. The Kier molecular flexibility index (Phi) is 5.26. The number of amides is 2. The van der Waals surface area contributed by atoms with E-state index < -0.39 is 26.3 Å². The summed E-state index contributed by atoms with van der Waals surface area (Å²) in [5.41, 5.74) is 4.78. The molecule has 32 heavy (non-hydrogen) atoms. The molecule has 0 saturated heterocycles. The Morgan fingerprint density at radius 1 is 1.00 bits per heavy atom. The third-order valence-corrected chi connectivity index (χ3v) is 9.79. The van der Waals surface area contributed by atoms with E-state index in [0.29, 0.717) is 4.73 Å². The van der Waals surface area contributed by atoms with Crippen LogP contribution in [0.15, 0.2) is 71.2 Å². The molecule has 5 nitrogen and oxygen atoms in total. The quantitative estimate of drug-likeness (QED) is 0.256. The van der Waals surface area contributed by atoms with Gasteiger partial charge in [-0.2, -0.15) is 0 Å². The Morgan fingerprint density at radius 3 is 2.44 bits per heavy atom. The van der Waals surface area contributed by atoms with E-state index in [1.165, 1.54) is 25.4 Å². The minimum absolute atomic E-state index is 0.129. The number of hydrogen-bond donors (Lipinski definition) is 0. The number of nitrogens with zero attached hydrogens (tertiary/aromatic N) is 3. The van der Waals surface area contributed by atoms with Gasteiger partial charge in [0.1, 0.15) is 0 Å². The zero-order valence-corrected chi connectivity index (χ0v) is 21.9. The van der Waals surface area contributed by atoms with Crippen LogP contribution in [0, 0.1) is 0 Å². The van der Waals surface area contributed by atoms with Gasteiger partial charge in [-0.25, -0.2) is 0 Å². The molecule has 159 valence electrons. The number of amidine groups is 1. The summed E-state index contributed by atoms with van der Waals surface area (Å²) in [6.07, 6.45) is 1.77. The third kappa shape index (κ3) is 3.32. The van der Waals surface area contributed by atoms with Crippen LogP contribution in [0.4, 0.5) is 15.1 Å². The molecule has 0 saturated carbocycles. The van der Waals surface area contributed by atoms with E-state index in [-0.39, 0.29) is 16.9 Å². The van der Waals surface area contributed by atoms with Crippen molar-refractivity contribution in [2.24, 2.45) is 4.99 Å². The molecule has 2 aliphatic rings. The molecule has 2 aliphatic heterocycles. The fourth-order valence-electron chi connectivity index (χ4n) is 4.22. The third-order valence-electron chi connectivity index (χ3n) is 5.98. The van der Waals surface area contributed by atoms with Gasteiger partial charge in [-0.05, 0) is 0 Å². The molecule has 0 fully saturated rings. The number of likely N-dealkylation sites (N-methyl/N-ethyl adjacent to an activating group) is 1. The second-order valence-corrected chi connectivity index (χ2v) is 12.1. The summed E-state index contributed by atoms with van der Waals surface area (Å²) in [6.45, 7) is 4.49. The molecule has 1 aromatic heterocycles. The normalized spacial score (nSPS) is 18.5. The van der Waals surface area contributed by atoms with Gasteiger partial charge in [0.25, 0.3) is 0 Å². The zero-order valence-electron chi connectivity index (χ0n) is 17.8. The summed E-state index contributed by atoms with van der Waals surface area (Å²) in [4.78, 5) is 32.9. The van der Waals surface area contributed by atoms with Crippen molar-refractivity contribution in [3.63, 3.8) is 0 Å². The van der Waals surface area contributed by atoms with E-state index in [1.807, 2.05) is 6.07 Å². The Balaban J connectivity index is 1.70. The second kappa shape index (κ2) is 7.86. The van der Waals surface area contributed by atoms with Crippen LogP contribution in [0.5, 0.6) is 0 Å². The van der Waals surface area contributed by atoms with Crippen LogP contribution in [0.3, 0.4) is 0 Å². The number of carbonyl (C=O) groups excluding carboxylic acids is 2. The van der Waals surface area contributed by atoms with E-state index >= 15 is 0 Å². The zero-order chi connectivity index (χ0) is 22.6. The van der Waals surface area contributed by atoms with Crippen LogP contribution in [0.2, 0.25) is 0 Å². The molecule has 5 rings (SSSR count). The maximum atomic E-state index is 12.7. The predicted octanol–water partition coefficient (Wildman–Crippen LogP) is 3.76. The van der Waals surface area contributed by atoms with Crippen LogP contribution < -0.4 is 4.90 Å². The average molecular weight is 601 g/mol. The first-order valence-corrected chi connectivity index (χ1v) is 13.4. The van der Waals surface area contributed by atoms with Crippen molar-refractivity contribution in [3.05, 3.63) is 80.9 Å². The first-order chi connectivity index (χ1) is 15.3. The van der Waals surface area contributed by atoms with E-state index in [0.717, 1.165) is 9.27 Å². The molecule has 0 spiro atoms. The summed E-state index contributed by atoms with van der Waals surface area (Å²) in [6, 6.07) is 21.1. The monoisotopic (exact) mass is 604 g/mol. The van der Waals surface area contributed by atoms with Crippen molar-refractivity contribution in [1.29, 1.82) is 0 Å². The van der Waals surface area contributed by atoms with Gasteiger partial charge in [-0.3, -0.25) is 0 Å². The molecule has 0 aliphatic carbocycles. The van der Waals surface area contributed by atoms with Gasteiger partial charge in [0, 0.05) is 0 Å². The van der Waals surface area contributed by atoms with E-state index in [9.17, 15) is 9.59 Å². The van der Waals surface area contributed by atoms with Gasteiger partial charge < -0.3 is 0 Å². The molecule has 0 N–H and O–H groups in total. The Morgan fingerprint density at radius 2 is 1.69 bits per heavy atom. The molecule has 2 aromatic carbocycles. The molecule has 3 heterocycles. The molecule has 7 heteroatoms. The first kappa shape index (κ1) is 21.4. The van der Waals surface area contributed by atoms with E-state index in [4.69, 9.17) is 0 Å². The topological polar surface area (TPSA) is 53.0 Å². The van der Waals surface area contributed by atoms with Gasteiger partial charge >= 0.3 is 206 Å². The van der Waals surface area contributed by atoms with Crippen LogP contribution >= 0.6 is 0 Å². The van der Waals surface area contributed by atoms with Gasteiger partial charge in [-0.15, -0.1) is 0 Å². The number of anilines is 3. The molecule has 0 bridgehead atoms. The van der Waals surface area contributed by atoms with Crippen molar-refractivity contribution >= 4 is 74.1 Å². The Bertz CT molecular complexity index is 1320. The predicted molar refractivity (Wildman–Crippen MR) is 129 cm³/mol. The number of para-hydroxylation sites is 2.